The van der Waals surface area contributed by atoms with E-state index in [0.29, 0.717) is 18.4 Å². The fraction of sp³-hybridized carbons (Fsp3) is 0.625. The van der Waals surface area contributed by atoms with E-state index in [-0.39, 0.29) is 0 Å². The number of carbonyl (C=O) groups is 1. The molecule has 4 heteroatoms. The average molecular weight is 275 g/mol. The van der Waals surface area contributed by atoms with Gasteiger partial charge >= 0.3 is 0 Å². The van der Waals surface area contributed by atoms with E-state index in [2.05, 4.69) is 22.1 Å². The first-order chi connectivity index (χ1) is 9.81. The topological polar surface area (TPSA) is 45.2 Å². The van der Waals surface area contributed by atoms with Gasteiger partial charge in [-0.3, -0.25) is 9.78 Å². The van der Waals surface area contributed by atoms with Gasteiger partial charge in [-0.2, -0.15) is 0 Å². The molecule has 1 aromatic heterocycles. The highest BCUT2D eigenvalue weighted by Gasteiger charge is 2.24. The molecule has 0 radical (unpaired) electrons. The molecule has 0 spiro atoms. The molecule has 1 N–H and O–H groups in total. The van der Waals surface area contributed by atoms with Gasteiger partial charge in [0, 0.05) is 44.5 Å². The molecule has 4 nitrogen and oxygen atoms in total. The van der Waals surface area contributed by atoms with E-state index >= 15 is 0 Å². The minimum absolute atomic E-state index is 0.301. The Balaban J connectivity index is 1.69. The summed E-state index contributed by atoms with van der Waals surface area (Å²) in [6.07, 6.45) is 8.89. The van der Waals surface area contributed by atoms with Crippen LogP contribution in [-0.2, 0) is 11.3 Å². The van der Waals surface area contributed by atoms with Gasteiger partial charge in [-0.25, -0.2) is 0 Å². The number of hydrogen-bond acceptors (Lipinski definition) is 3. The first-order valence-corrected chi connectivity index (χ1v) is 7.70. The first kappa shape index (κ1) is 15.0. The molecular weight excluding hydrogens is 250 g/mol. The first-order valence-electron chi connectivity index (χ1n) is 7.70. The molecule has 1 aliphatic heterocycles. The van der Waals surface area contributed by atoms with E-state index in [9.17, 15) is 4.79 Å². The molecule has 1 aromatic rings. The molecule has 1 fully saturated rings. The van der Waals surface area contributed by atoms with Crippen molar-refractivity contribution in [2.24, 2.45) is 0 Å². The van der Waals surface area contributed by atoms with Crippen LogP contribution in [0.15, 0.2) is 24.5 Å². The Kier molecular flexibility index (Phi) is 5.99. The van der Waals surface area contributed by atoms with Crippen LogP contribution < -0.4 is 5.32 Å². The third-order valence-electron chi connectivity index (χ3n) is 3.99. The summed E-state index contributed by atoms with van der Waals surface area (Å²) < 4.78 is 0. The standard InChI is InChI=1S/C16H25N3O/c1-2-15-7-3-4-11-19(15)16(20)8-10-18-13-14-6-5-9-17-12-14/h5-6,9,12,15,18H,2-4,7-8,10-11,13H2,1H3. The third-order valence-corrected chi connectivity index (χ3v) is 3.99. The van der Waals surface area contributed by atoms with E-state index in [1.165, 1.54) is 12.8 Å². The lowest BCUT2D eigenvalue weighted by Crippen LogP contribution is -2.44. The van der Waals surface area contributed by atoms with Crippen molar-refractivity contribution in [1.29, 1.82) is 0 Å². The van der Waals surface area contributed by atoms with Crippen LogP contribution in [0.5, 0.6) is 0 Å². The Labute approximate surface area is 121 Å². The van der Waals surface area contributed by atoms with Crippen molar-refractivity contribution >= 4 is 5.91 Å². The fourth-order valence-corrected chi connectivity index (χ4v) is 2.83. The van der Waals surface area contributed by atoms with Crippen LogP contribution in [0.3, 0.4) is 0 Å². The molecule has 2 heterocycles. The largest absolute Gasteiger partial charge is 0.340 e. The molecule has 2 rings (SSSR count). The summed E-state index contributed by atoms with van der Waals surface area (Å²) >= 11 is 0. The van der Waals surface area contributed by atoms with Gasteiger partial charge in [0.2, 0.25) is 5.91 Å². The van der Waals surface area contributed by atoms with Gasteiger partial charge in [0.05, 0.1) is 0 Å². The molecule has 20 heavy (non-hydrogen) atoms. The van der Waals surface area contributed by atoms with Crippen molar-refractivity contribution in [2.45, 2.75) is 51.6 Å². The van der Waals surface area contributed by atoms with Crippen LogP contribution in [0, 0.1) is 0 Å². The van der Waals surface area contributed by atoms with Crippen molar-refractivity contribution in [3.05, 3.63) is 30.1 Å². The molecule has 1 unspecified atom stereocenters. The molecule has 110 valence electrons. The summed E-state index contributed by atoms with van der Waals surface area (Å²) in [6, 6.07) is 4.44. The van der Waals surface area contributed by atoms with E-state index < -0.39 is 0 Å². The van der Waals surface area contributed by atoms with E-state index in [1.807, 2.05) is 18.3 Å². The predicted molar refractivity (Wildman–Crippen MR) is 80.2 cm³/mol. The average Bonchev–Trinajstić information content (AvgIpc) is 2.52. The third kappa shape index (κ3) is 4.30. The summed E-state index contributed by atoms with van der Waals surface area (Å²) in [5, 5.41) is 3.32. The normalized spacial score (nSPS) is 19.1. The lowest BCUT2D eigenvalue weighted by Gasteiger charge is -2.35. The number of nitrogens with zero attached hydrogens (tertiary/aromatic N) is 2. The second kappa shape index (κ2) is 8.00. The molecule has 0 saturated carbocycles. The van der Waals surface area contributed by atoms with E-state index in [4.69, 9.17) is 0 Å². The number of hydrogen-bond donors (Lipinski definition) is 1. The van der Waals surface area contributed by atoms with Gasteiger partial charge in [0.15, 0.2) is 0 Å². The van der Waals surface area contributed by atoms with Crippen LogP contribution >= 0.6 is 0 Å². The fourth-order valence-electron chi connectivity index (χ4n) is 2.83. The number of pyridine rings is 1. The molecule has 1 amide bonds. The van der Waals surface area contributed by atoms with Gasteiger partial charge in [-0.05, 0) is 37.3 Å². The number of carbonyl (C=O) groups excluding carboxylic acids is 1. The summed E-state index contributed by atoms with van der Waals surface area (Å²) in [6.45, 7) is 4.63. The minimum Gasteiger partial charge on any atom is -0.340 e. The number of likely N-dealkylation sites (tertiary alicyclic amines) is 1. The quantitative estimate of drug-likeness (QED) is 0.811. The van der Waals surface area contributed by atoms with Gasteiger partial charge in [0.1, 0.15) is 0 Å². The van der Waals surface area contributed by atoms with Gasteiger partial charge in [-0.15, -0.1) is 0 Å². The van der Waals surface area contributed by atoms with Crippen molar-refractivity contribution in [1.82, 2.24) is 15.2 Å². The maximum absolute atomic E-state index is 12.3. The molecule has 1 aliphatic rings. The van der Waals surface area contributed by atoms with E-state index in [1.54, 1.807) is 6.20 Å². The highest BCUT2D eigenvalue weighted by molar-refractivity contribution is 5.76. The van der Waals surface area contributed by atoms with Crippen LogP contribution in [-0.4, -0.2) is 34.9 Å². The lowest BCUT2D eigenvalue weighted by atomic mass is 9.99. The van der Waals surface area contributed by atoms with Gasteiger partial charge < -0.3 is 10.2 Å². The van der Waals surface area contributed by atoms with Crippen molar-refractivity contribution in [2.75, 3.05) is 13.1 Å². The van der Waals surface area contributed by atoms with Gasteiger partial charge in [-0.1, -0.05) is 13.0 Å². The smallest absolute Gasteiger partial charge is 0.224 e. The Hall–Kier alpha value is -1.42. The summed E-state index contributed by atoms with van der Waals surface area (Å²) in [4.78, 5) is 18.4. The highest BCUT2D eigenvalue weighted by Crippen LogP contribution is 2.19. The molecule has 1 saturated heterocycles. The Morgan fingerprint density at radius 2 is 2.40 bits per heavy atom. The second-order valence-electron chi connectivity index (χ2n) is 5.43. The SMILES string of the molecule is CCC1CCCCN1C(=O)CCNCc1cccnc1. The summed E-state index contributed by atoms with van der Waals surface area (Å²) in [7, 11) is 0. The molecular formula is C16H25N3O. The summed E-state index contributed by atoms with van der Waals surface area (Å²) in [5.74, 6) is 0.301. The lowest BCUT2D eigenvalue weighted by molar-refractivity contribution is -0.134. The van der Waals surface area contributed by atoms with Crippen LogP contribution in [0.1, 0.15) is 44.6 Å². The van der Waals surface area contributed by atoms with Crippen LogP contribution in [0.25, 0.3) is 0 Å². The number of piperidine rings is 1. The number of aromatic nitrogens is 1. The van der Waals surface area contributed by atoms with Crippen molar-refractivity contribution in [3.63, 3.8) is 0 Å². The monoisotopic (exact) mass is 275 g/mol. The maximum Gasteiger partial charge on any atom is 0.224 e. The van der Waals surface area contributed by atoms with Crippen LogP contribution in [0.2, 0.25) is 0 Å². The molecule has 0 aliphatic carbocycles. The Bertz CT molecular complexity index is 407. The maximum atomic E-state index is 12.3. The van der Waals surface area contributed by atoms with Crippen LogP contribution in [0.4, 0.5) is 0 Å². The van der Waals surface area contributed by atoms with E-state index in [0.717, 1.165) is 38.0 Å². The molecule has 0 aromatic carbocycles. The highest BCUT2D eigenvalue weighted by atomic mass is 16.2. The zero-order valence-electron chi connectivity index (χ0n) is 12.3. The summed E-state index contributed by atoms with van der Waals surface area (Å²) in [5.41, 5.74) is 1.16. The number of nitrogens with one attached hydrogen (secondary N) is 1. The van der Waals surface area contributed by atoms with Gasteiger partial charge in [0.25, 0.3) is 0 Å². The minimum atomic E-state index is 0.301. The number of rotatable bonds is 6. The Morgan fingerprint density at radius 1 is 1.50 bits per heavy atom. The zero-order chi connectivity index (χ0) is 14.2. The molecule has 0 bridgehead atoms. The van der Waals surface area contributed by atoms with Crippen molar-refractivity contribution < 1.29 is 4.79 Å². The second-order valence-corrected chi connectivity index (χ2v) is 5.43. The Morgan fingerprint density at radius 3 is 3.15 bits per heavy atom. The zero-order valence-corrected chi connectivity index (χ0v) is 12.3. The van der Waals surface area contributed by atoms with Crippen molar-refractivity contribution in [3.8, 4) is 0 Å². The number of amides is 1. The predicted octanol–water partition coefficient (Wildman–Crippen LogP) is 2.35. The molecule has 1 atom stereocenters.